The largest absolute Gasteiger partial charge is 0.481 e. The number of sulfone groups is 2. The number of rotatable bonds is 14. The van der Waals surface area contributed by atoms with Gasteiger partial charge in [0.25, 0.3) is 5.91 Å². The number of carboxylic acid groups (broad SMARTS) is 1. The molecule has 0 unspecified atom stereocenters. The molecule has 0 aliphatic heterocycles. The average molecular weight is 575 g/mol. The maximum Gasteiger partial charge on any atom is 0.305 e. The molecule has 0 fully saturated rings. The maximum absolute atomic E-state index is 12.5. The SMILES string of the molecule is CS(=O)(=O)c1ccc(C(=O)NCCCS(=O)(=O)Cc2cccc(S(=O)(=O)N[C@H](C=O)CC(=O)O)c2)cc1. The Balaban J connectivity index is 1.94. The third-order valence-electron chi connectivity index (χ3n) is 4.92. The number of aliphatic carboxylic acids is 1. The first-order chi connectivity index (χ1) is 17.1. The number of benzene rings is 2. The van der Waals surface area contributed by atoms with E-state index >= 15 is 0 Å². The van der Waals surface area contributed by atoms with Gasteiger partial charge < -0.3 is 15.2 Å². The first-order valence-corrected chi connectivity index (χ1v) is 15.9. The lowest BCUT2D eigenvalue weighted by atomic mass is 10.2. The van der Waals surface area contributed by atoms with E-state index in [4.69, 9.17) is 5.11 Å². The molecule has 3 N–H and O–H groups in total. The summed E-state index contributed by atoms with van der Waals surface area (Å²) >= 11 is 0. The molecule has 0 aliphatic carbocycles. The molecule has 2 aromatic carbocycles. The molecule has 2 aromatic rings. The third-order valence-corrected chi connectivity index (χ3v) is 9.22. The highest BCUT2D eigenvalue weighted by Crippen LogP contribution is 2.16. The summed E-state index contributed by atoms with van der Waals surface area (Å²) in [5.41, 5.74) is 0.376. The highest BCUT2D eigenvalue weighted by molar-refractivity contribution is 7.91. The van der Waals surface area contributed by atoms with E-state index in [1.807, 2.05) is 4.72 Å². The van der Waals surface area contributed by atoms with Crippen LogP contribution in [0.2, 0.25) is 0 Å². The summed E-state index contributed by atoms with van der Waals surface area (Å²) in [6.07, 6.45) is 0.522. The van der Waals surface area contributed by atoms with Gasteiger partial charge in [-0.25, -0.2) is 30.0 Å². The molecular weight excluding hydrogens is 548 g/mol. The number of hydrogen-bond donors (Lipinski definition) is 3. The lowest BCUT2D eigenvalue weighted by Crippen LogP contribution is -2.37. The molecule has 0 heterocycles. The molecule has 202 valence electrons. The van der Waals surface area contributed by atoms with E-state index in [-0.39, 0.29) is 45.9 Å². The molecule has 37 heavy (non-hydrogen) atoms. The molecule has 0 aliphatic rings. The van der Waals surface area contributed by atoms with Crippen molar-refractivity contribution in [1.82, 2.24) is 10.0 Å². The fourth-order valence-corrected chi connectivity index (χ4v) is 6.44. The predicted octanol–water partition coefficient (Wildman–Crippen LogP) is 0.146. The Morgan fingerprint density at radius 3 is 2.19 bits per heavy atom. The topological polar surface area (TPSA) is 198 Å². The number of carboxylic acids is 1. The second kappa shape index (κ2) is 12.4. The molecule has 0 radical (unpaired) electrons. The molecule has 0 spiro atoms. The van der Waals surface area contributed by atoms with Crippen molar-refractivity contribution in [3.63, 3.8) is 0 Å². The van der Waals surface area contributed by atoms with E-state index in [0.717, 1.165) is 12.3 Å². The van der Waals surface area contributed by atoms with Gasteiger partial charge in [0.1, 0.15) is 6.29 Å². The van der Waals surface area contributed by atoms with Crippen molar-refractivity contribution in [3.05, 3.63) is 59.7 Å². The summed E-state index contributed by atoms with van der Waals surface area (Å²) in [6.45, 7) is 0.0287. The van der Waals surface area contributed by atoms with Crippen molar-refractivity contribution in [3.8, 4) is 0 Å². The quantitative estimate of drug-likeness (QED) is 0.206. The molecule has 15 heteroatoms. The fraction of sp³-hybridized carbons (Fsp3) is 0.318. The molecular formula is C22H26N2O10S3. The molecule has 0 bridgehead atoms. The van der Waals surface area contributed by atoms with Gasteiger partial charge in [-0.15, -0.1) is 0 Å². The summed E-state index contributed by atoms with van der Waals surface area (Å²) in [4.78, 5) is 33.7. The summed E-state index contributed by atoms with van der Waals surface area (Å²) < 4.78 is 74.9. The van der Waals surface area contributed by atoms with Crippen LogP contribution in [0.25, 0.3) is 0 Å². The first-order valence-electron chi connectivity index (χ1n) is 10.7. The van der Waals surface area contributed by atoms with Gasteiger partial charge in [-0.2, -0.15) is 0 Å². The summed E-state index contributed by atoms with van der Waals surface area (Å²) in [7, 11) is -11.4. The second-order valence-corrected chi connectivity index (χ2v) is 14.0. The second-order valence-electron chi connectivity index (χ2n) is 8.11. The smallest absolute Gasteiger partial charge is 0.305 e. The van der Waals surface area contributed by atoms with Gasteiger partial charge >= 0.3 is 5.97 Å². The normalized spacial score (nSPS) is 13.0. The van der Waals surface area contributed by atoms with Gasteiger partial charge in [0.2, 0.25) is 10.0 Å². The number of carbonyl (C=O) groups is 3. The number of aldehydes is 1. The van der Waals surface area contributed by atoms with Crippen LogP contribution >= 0.6 is 0 Å². The van der Waals surface area contributed by atoms with Crippen molar-refractivity contribution in [2.45, 2.75) is 34.4 Å². The van der Waals surface area contributed by atoms with Crippen molar-refractivity contribution < 1.29 is 44.7 Å². The lowest BCUT2D eigenvalue weighted by Gasteiger charge is -2.12. The van der Waals surface area contributed by atoms with Crippen LogP contribution in [-0.4, -0.2) is 73.1 Å². The van der Waals surface area contributed by atoms with Crippen LogP contribution in [0.4, 0.5) is 0 Å². The number of nitrogens with one attached hydrogen (secondary N) is 2. The Morgan fingerprint density at radius 1 is 0.973 bits per heavy atom. The Labute approximate surface area is 215 Å². The van der Waals surface area contributed by atoms with Gasteiger partial charge in [-0.05, 0) is 48.4 Å². The third kappa shape index (κ3) is 9.68. The van der Waals surface area contributed by atoms with Crippen LogP contribution in [0.5, 0.6) is 0 Å². The number of sulfonamides is 1. The minimum absolute atomic E-state index is 0.0287. The predicted molar refractivity (Wildman–Crippen MR) is 133 cm³/mol. The van der Waals surface area contributed by atoms with E-state index in [0.29, 0.717) is 0 Å². The van der Waals surface area contributed by atoms with E-state index in [2.05, 4.69) is 5.32 Å². The van der Waals surface area contributed by atoms with Crippen LogP contribution in [0.1, 0.15) is 28.8 Å². The maximum atomic E-state index is 12.5. The van der Waals surface area contributed by atoms with Crippen molar-refractivity contribution in [2.24, 2.45) is 0 Å². The first kappa shape index (κ1) is 30.1. The van der Waals surface area contributed by atoms with Crippen LogP contribution in [0.3, 0.4) is 0 Å². The highest BCUT2D eigenvalue weighted by Gasteiger charge is 2.23. The fourth-order valence-electron chi connectivity index (χ4n) is 3.15. The van der Waals surface area contributed by atoms with E-state index in [1.54, 1.807) is 0 Å². The minimum Gasteiger partial charge on any atom is -0.481 e. The standard InChI is InChI=1S/C22H26N2O10S3/c1-35(29,30)19-8-6-17(7-9-19)22(28)23-10-3-11-36(31,32)15-16-4-2-5-20(12-16)37(33,34)24-18(14-25)13-21(26)27/h2,4-9,12,14,18,24H,3,10-11,13,15H2,1H3,(H,23,28)(H,26,27)/t18-/m0/s1. The summed E-state index contributed by atoms with van der Waals surface area (Å²) in [6, 6.07) is 8.82. The van der Waals surface area contributed by atoms with Gasteiger partial charge in [0, 0.05) is 18.4 Å². The minimum atomic E-state index is -4.28. The van der Waals surface area contributed by atoms with Crippen molar-refractivity contribution >= 4 is 47.9 Å². The Kier molecular flexibility index (Phi) is 10.1. The zero-order valence-electron chi connectivity index (χ0n) is 19.7. The number of carbonyl (C=O) groups excluding carboxylic acids is 2. The molecule has 1 atom stereocenters. The van der Waals surface area contributed by atoms with E-state index in [1.165, 1.54) is 42.5 Å². The van der Waals surface area contributed by atoms with Gasteiger partial charge in [-0.1, -0.05) is 12.1 Å². The number of hydrogen-bond acceptors (Lipinski definition) is 9. The van der Waals surface area contributed by atoms with Gasteiger partial charge in [0.05, 0.1) is 33.8 Å². The van der Waals surface area contributed by atoms with Gasteiger partial charge in [0.15, 0.2) is 19.7 Å². The van der Waals surface area contributed by atoms with Crippen LogP contribution in [-0.2, 0) is 45.0 Å². The Bertz CT molecular complexity index is 1470. The van der Waals surface area contributed by atoms with Crippen molar-refractivity contribution in [2.75, 3.05) is 18.6 Å². The lowest BCUT2D eigenvalue weighted by molar-refractivity contribution is -0.138. The molecule has 2 rings (SSSR count). The zero-order chi connectivity index (χ0) is 27.9. The average Bonchev–Trinajstić information content (AvgIpc) is 2.80. The molecule has 0 aromatic heterocycles. The van der Waals surface area contributed by atoms with E-state index in [9.17, 15) is 39.6 Å². The monoisotopic (exact) mass is 574 g/mol. The summed E-state index contributed by atoms with van der Waals surface area (Å²) in [5, 5.41) is 11.3. The van der Waals surface area contributed by atoms with E-state index < -0.39 is 59.8 Å². The highest BCUT2D eigenvalue weighted by atomic mass is 32.2. The van der Waals surface area contributed by atoms with Crippen LogP contribution < -0.4 is 10.0 Å². The van der Waals surface area contributed by atoms with Gasteiger partial charge in [-0.3, -0.25) is 9.59 Å². The van der Waals surface area contributed by atoms with Crippen LogP contribution in [0.15, 0.2) is 58.3 Å². The Hall–Kier alpha value is -3.14. The summed E-state index contributed by atoms with van der Waals surface area (Å²) in [5.74, 6) is -2.66. The molecule has 12 nitrogen and oxygen atoms in total. The molecule has 0 saturated carbocycles. The Morgan fingerprint density at radius 2 is 1.62 bits per heavy atom. The molecule has 0 saturated heterocycles. The van der Waals surface area contributed by atoms with Crippen molar-refractivity contribution in [1.29, 1.82) is 0 Å². The molecule has 1 amide bonds. The zero-order valence-corrected chi connectivity index (χ0v) is 22.1. The number of amides is 1. The van der Waals surface area contributed by atoms with Crippen LogP contribution in [0, 0.1) is 0 Å².